The third-order valence-corrected chi connectivity index (χ3v) is 4.27. The molecule has 0 saturated heterocycles. The van der Waals surface area contributed by atoms with Gasteiger partial charge in [-0.25, -0.2) is 4.79 Å². The molecule has 0 aliphatic heterocycles. The van der Waals surface area contributed by atoms with E-state index < -0.39 is 17.4 Å². The van der Waals surface area contributed by atoms with Crippen LogP contribution in [0.3, 0.4) is 0 Å². The fraction of sp³-hybridized carbons (Fsp3) is 0.412. The summed E-state index contributed by atoms with van der Waals surface area (Å²) in [5, 5.41) is 10.4. The van der Waals surface area contributed by atoms with Crippen molar-refractivity contribution in [3.05, 3.63) is 69.0 Å². The second-order valence-electron chi connectivity index (χ2n) is 5.88. The number of H-pyrrole nitrogens is 1. The Kier molecular flexibility index (Phi) is 4.73. The van der Waals surface area contributed by atoms with Crippen molar-refractivity contribution >= 4 is 0 Å². The van der Waals surface area contributed by atoms with E-state index in [0.29, 0.717) is 19.4 Å². The van der Waals surface area contributed by atoms with Gasteiger partial charge < -0.3 is 9.84 Å². The molecule has 1 heterocycles. The molecule has 3 atom stereocenters. The SMILES string of the molecule is O=c1ccn([C@@H]2CC[C@H](OCc3ccccc3)C[C@H]2O)c(=O)[nH]1. The van der Waals surface area contributed by atoms with Crippen LogP contribution in [0.4, 0.5) is 0 Å². The maximum Gasteiger partial charge on any atom is 0.328 e. The molecular weight excluding hydrogens is 296 g/mol. The quantitative estimate of drug-likeness (QED) is 0.888. The standard InChI is InChI=1S/C17H20N2O4/c20-15-10-13(23-11-12-4-2-1-3-5-12)6-7-14(15)19-9-8-16(21)18-17(19)22/h1-5,8-9,13-15,20H,6-7,10-11H2,(H,18,21,22)/t13-,14+,15+/m0/s1. The van der Waals surface area contributed by atoms with Gasteiger partial charge in [0.15, 0.2) is 0 Å². The van der Waals surface area contributed by atoms with Crippen LogP contribution in [0.2, 0.25) is 0 Å². The van der Waals surface area contributed by atoms with Crippen LogP contribution in [0.5, 0.6) is 0 Å². The summed E-state index contributed by atoms with van der Waals surface area (Å²) in [6, 6.07) is 10.9. The lowest BCUT2D eigenvalue weighted by Crippen LogP contribution is -2.41. The second kappa shape index (κ2) is 6.93. The van der Waals surface area contributed by atoms with Crippen molar-refractivity contribution < 1.29 is 9.84 Å². The first-order valence-electron chi connectivity index (χ1n) is 7.78. The van der Waals surface area contributed by atoms with Crippen molar-refractivity contribution in [2.45, 2.75) is 44.1 Å². The Bertz CT molecular complexity index is 753. The normalized spacial score (nSPS) is 24.5. The first-order valence-corrected chi connectivity index (χ1v) is 7.78. The number of aliphatic hydroxyl groups excluding tert-OH is 1. The lowest BCUT2D eigenvalue weighted by Gasteiger charge is -2.33. The molecule has 1 aliphatic carbocycles. The Morgan fingerprint density at radius 3 is 2.65 bits per heavy atom. The van der Waals surface area contributed by atoms with E-state index in [1.54, 1.807) is 0 Å². The molecule has 6 nitrogen and oxygen atoms in total. The molecule has 23 heavy (non-hydrogen) atoms. The van der Waals surface area contributed by atoms with Gasteiger partial charge in [-0.1, -0.05) is 30.3 Å². The highest BCUT2D eigenvalue weighted by molar-refractivity contribution is 5.13. The van der Waals surface area contributed by atoms with Crippen molar-refractivity contribution in [1.29, 1.82) is 0 Å². The largest absolute Gasteiger partial charge is 0.391 e. The molecule has 0 radical (unpaired) electrons. The Morgan fingerprint density at radius 1 is 1.17 bits per heavy atom. The minimum atomic E-state index is -0.673. The fourth-order valence-corrected chi connectivity index (χ4v) is 3.05. The number of aromatic amines is 1. The Hall–Kier alpha value is -2.18. The number of aromatic nitrogens is 2. The van der Waals surface area contributed by atoms with E-state index in [1.165, 1.54) is 16.8 Å². The first-order chi connectivity index (χ1) is 11.1. The molecule has 0 bridgehead atoms. The zero-order chi connectivity index (χ0) is 16.2. The number of nitrogens with zero attached hydrogens (tertiary/aromatic N) is 1. The van der Waals surface area contributed by atoms with Gasteiger partial charge in [-0.05, 0) is 18.4 Å². The number of ether oxygens (including phenoxy) is 1. The molecule has 0 unspecified atom stereocenters. The van der Waals surface area contributed by atoms with Crippen molar-refractivity contribution in [1.82, 2.24) is 9.55 Å². The maximum absolute atomic E-state index is 11.8. The summed E-state index contributed by atoms with van der Waals surface area (Å²) >= 11 is 0. The summed E-state index contributed by atoms with van der Waals surface area (Å²) in [6.45, 7) is 0.515. The van der Waals surface area contributed by atoms with Crippen LogP contribution in [0.1, 0.15) is 30.9 Å². The Morgan fingerprint density at radius 2 is 1.96 bits per heavy atom. The molecule has 1 fully saturated rings. The summed E-state index contributed by atoms with van der Waals surface area (Å²) in [7, 11) is 0. The molecule has 122 valence electrons. The van der Waals surface area contributed by atoms with Gasteiger partial charge in [0.05, 0.1) is 24.9 Å². The van der Waals surface area contributed by atoms with E-state index in [9.17, 15) is 14.7 Å². The van der Waals surface area contributed by atoms with Gasteiger partial charge in [-0.2, -0.15) is 0 Å². The summed E-state index contributed by atoms with van der Waals surface area (Å²) in [6.07, 6.45) is 2.61. The Labute approximate surface area is 133 Å². The highest BCUT2D eigenvalue weighted by atomic mass is 16.5. The average molecular weight is 316 g/mol. The van der Waals surface area contributed by atoms with Crippen LogP contribution in [-0.2, 0) is 11.3 Å². The Balaban J connectivity index is 1.61. The third kappa shape index (κ3) is 3.78. The number of rotatable bonds is 4. The number of hydrogen-bond acceptors (Lipinski definition) is 4. The lowest BCUT2D eigenvalue weighted by atomic mass is 9.90. The molecular formula is C17H20N2O4. The van der Waals surface area contributed by atoms with Gasteiger partial charge in [0.1, 0.15) is 0 Å². The maximum atomic E-state index is 11.8. The number of aliphatic hydroxyl groups is 1. The lowest BCUT2D eigenvalue weighted by molar-refractivity contribution is -0.0432. The highest BCUT2D eigenvalue weighted by Crippen LogP contribution is 2.29. The van der Waals surface area contributed by atoms with E-state index in [1.807, 2.05) is 30.3 Å². The van der Waals surface area contributed by atoms with Crippen molar-refractivity contribution in [2.75, 3.05) is 0 Å². The van der Waals surface area contributed by atoms with Crippen LogP contribution >= 0.6 is 0 Å². The predicted octanol–water partition coefficient (Wildman–Crippen LogP) is 1.21. The minimum Gasteiger partial charge on any atom is -0.391 e. The first kappa shape index (κ1) is 15.7. The van der Waals surface area contributed by atoms with Crippen LogP contribution in [-0.4, -0.2) is 26.9 Å². The van der Waals surface area contributed by atoms with Crippen LogP contribution in [0, 0.1) is 0 Å². The van der Waals surface area contributed by atoms with E-state index in [4.69, 9.17) is 4.74 Å². The van der Waals surface area contributed by atoms with Crippen molar-refractivity contribution in [3.63, 3.8) is 0 Å². The predicted molar refractivity (Wildman–Crippen MR) is 85.2 cm³/mol. The van der Waals surface area contributed by atoms with Gasteiger partial charge in [0, 0.05) is 18.7 Å². The molecule has 2 N–H and O–H groups in total. The molecule has 1 saturated carbocycles. The van der Waals surface area contributed by atoms with Crippen molar-refractivity contribution in [2.24, 2.45) is 0 Å². The molecule has 3 rings (SSSR count). The number of benzene rings is 1. The van der Waals surface area contributed by atoms with E-state index >= 15 is 0 Å². The van der Waals surface area contributed by atoms with Gasteiger partial charge >= 0.3 is 5.69 Å². The molecule has 0 spiro atoms. The zero-order valence-corrected chi connectivity index (χ0v) is 12.7. The smallest absolute Gasteiger partial charge is 0.328 e. The molecule has 1 aromatic heterocycles. The van der Waals surface area contributed by atoms with Gasteiger partial charge in [-0.3, -0.25) is 14.3 Å². The highest BCUT2D eigenvalue weighted by Gasteiger charge is 2.31. The van der Waals surface area contributed by atoms with Gasteiger partial charge in [-0.15, -0.1) is 0 Å². The molecule has 1 aromatic carbocycles. The second-order valence-corrected chi connectivity index (χ2v) is 5.88. The van der Waals surface area contributed by atoms with E-state index in [2.05, 4.69) is 4.98 Å². The van der Waals surface area contributed by atoms with Gasteiger partial charge in [0.25, 0.3) is 5.56 Å². The van der Waals surface area contributed by atoms with Crippen LogP contribution in [0.15, 0.2) is 52.2 Å². The number of nitrogens with one attached hydrogen (secondary N) is 1. The van der Waals surface area contributed by atoms with Crippen LogP contribution < -0.4 is 11.2 Å². The zero-order valence-electron chi connectivity index (χ0n) is 12.7. The van der Waals surface area contributed by atoms with E-state index in [-0.39, 0.29) is 12.1 Å². The van der Waals surface area contributed by atoms with Crippen LogP contribution in [0.25, 0.3) is 0 Å². The summed E-state index contributed by atoms with van der Waals surface area (Å²) in [4.78, 5) is 25.2. The fourth-order valence-electron chi connectivity index (χ4n) is 3.05. The molecule has 0 amide bonds. The minimum absolute atomic E-state index is 0.0279. The summed E-state index contributed by atoms with van der Waals surface area (Å²) < 4.78 is 7.27. The van der Waals surface area contributed by atoms with Crippen molar-refractivity contribution in [3.8, 4) is 0 Å². The third-order valence-electron chi connectivity index (χ3n) is 4.27. The molecule has 1 aliphatic rings. The number of hydrogen-bond donors (Lipinski definition) is 2. The topological polar surface area (TPSA) is 84.3 Å². The van der Waals surface area contributed by atoms with E-state index in [0.717, 1.165) is 12.0 Å². The average Bonchev–Trinajstić information content (AvgIpc) is 2.55. The van der Waals surface area contributed by atoms with Gasteiger partial charge in [0.2, 0.25) is 0 Å². The summed E-state index contributed by atoms with van der Waals surface area (Å²) in [5.74, 6) is 0. The monoisotopic (exact) mass is 316 g/mol. The molecule has 2 aromatic rings. The molecule has 6 heteroatoms. The summed E-state index contributed by atoms with van der Waals surface area (Å²) in [5.41, 5.74) is 0.187.